The minimum atomic E-state index is -0.440. The Morgan fingerprint density at radius 3 is 2.52 bits per heavy atom. The SMILES string of the molecule is O=C(NC1(c2cccc(Br)c2)CCOCC1)c1ccc(Oc2cccnc2)cc1. The molecule has 2 heterocycles. The maximum atomic E-state index is 13.0. The van der Waals surface area contributed by atoms with Gasteiger partial charge in [0.1, 0.15) is 11.5 Å². The fourth-order valence-electron chi connectivity index (χ4n) is 3.50. The minimum Gasteiger partial charge on any atom is -0.456 e. The molecule has 3 aromatic rings. The molecule has 1 aliphatic heterocycles. The lowest BCUT2D eigenvalue weighted by atomic mass is 9.82. The lowest BCUT2D eigenvalue weighted by Gasteiger charge is -2.38. The molecule has 0 saturated carbocycles. The number of halogens is 1. The molecule has 2 aromatic carbocycles. The number of carbonyl (C=O) groups excluding carboxylic acids is 1. The summed E-state index contributed by atoms with van der Waals surface area (Å²) in [6.45, 7) is 1.23. The molecule has 0 unspecified atom stereocenters. The van der Waals surface area contributed by atoms with E-state index in [1.54, 1.807) is 36.7 Å². The van der Waals surface area contributed by atoms with E-state index in [-0.39, 0.29) is 5.91 Å². The molecule has 0 spiro atoms. The molecular weight excluding hydrogens is 432 g/mol. The molecule has 0 atom stereocenters. The summed E-state index contributed by atoms with van der Waals surface area (Å²) in [5.74, 6) is 1.20. The van der Waals surface area contributed by atoms with Gasteiger partial charge in [0.15, 0.2) is 0 Å². The molecule has 29 heavy (non-hydrogen) atoms. The van der Waals surface area contributed by atoms with Gasteiger partial charge >= 0.3 is 0 Å². The van der Waals surface area contributed by atoms with E-state index >= 15 is 0 Å². The average Bonchev–Trinajstić information content (AvgIpc) is 2.76. The zero-order chi connectivity index (χ0) is 20.1. The van der Waals surface area contributed by atoms with Crippen molar-refractivity contribution in [3.8, 4) is 11.5 Å². The number of nitrogens with one attached hydrogen (secondary N) is 1. The maximum Gasteiger partial charge on any atom is 0.251 e. The van der Waals surface area contributed by atoms with Crippen LogP contribution in [0.25, 0.3) is 0 Å². The molecule has 1 N–H and O–H groups in total. The standard InChI is InChI=1S/C23H21BrN2O3/c24-19-4-1-3-18(15-19)23(10-13-28-14-11-23)26-22(27)17-6-8-20(9-7-17)29-21-5-2-12-25-16-21/h1-9,12,15-16H,10-11,13-14H2,(H,26,27). The number of nitrogens with zero attached hydrogens (tertiary/aromatic N) is 1. The molecule has 1 amide bonds. The third-order valence-electron chi connectivity index (χ3n) is 5.06. The summed E-state index contributed by atoms with van der Waals surface area (Å²) in [6, 6.07) is 18.9. The van der Waals surface area contributed by atoms with Gasteiger partial charge in [0, 0.05) is 29.4 Å². The molecule has 4 rings (SSSR count). The molecule has 0 bridgehead atoms. The van der Waals surface area contributed by atoms with Crippen molar-refractivity contribution in [3.63, 3.8) is 0 Å². The number of amides is 1. The van der Waals surface area contributed by atoms with Crippen molar-refractivity contribution in [2.45, 2.75) is 18.4 Å². The second-order valence-corrected chi connectivity index (χ2v) is 7.89. The first-order chi connectivity index (χ1) is 14.1. The first kappa shape index (κ1) is 19.6. The fraction of sp³-hybridized carbons (Fsp3) is 0.217. The topological polar surface area (TPSA) is 60.5 Å². The molecule has 1 aromatic heterocycles. The number of ether oxygens (including phenoxy) is 2. The van der Waals surface area contributed by atoms with Crippen LogP contribution < -0.4 is 10.1 Å². The van der Waals surface area contributed by atoms with Crippen molar-refractivity contribution in [3.05, 3.63) is 88.7 Å². The van der Waals surface area contributed by atoms with Crippen LogP contribution in [0.5, 0.6) is 11.5 Å². The Kier molecular flexibility index (Phi) is 5.92. The zero-order valence-electron chi connectivity index (χ0n) is 15.8. The van der Waals surface area contributed by atoms with Crippen molar-refractivity contribution >= 4 is 21.8 Å². The fourth-order valence-corrected chi connectivity index (χ4v) is 3.90. The van der Waals surface area contributed by atoms with Gasteiger partial charge in [-0.25, -0.2) is 0 Å². The van der Waals surface area contributed by atoms with E-state index in [0.717, 1.165) is 22.9 Å². The largest absolute Gasteiger partial charge is 0.456 e. The van der Waals surface area contributed by atoms with Gasteiger partial charge < -0.3 is 14.8 Å². The lowest BCUT2D eigenvalue weighted by Crippen LogP contribution is -2.49. The number of rotatable bonds is 5. The third-order valence-corrected chi connectivity index (χ3v) is 5.56. The molecular formula is C23H21BrN2O3. The first-order valence-electron chi connectivity index (χ1n) is 9.49. The van der Waals surface area contributed by atoms with E-state index in [4.69, 9.17) is 9.47 Å². The van der Waals surface area contributed by atoms with Crippen molar-refractivity contribution in [1.29, 1.82) is 0 Å². The summed E-state index contributed by atoms with van der Waals surface area (Å²) in [4.78, 5) is 17.1. The normalized spacial score (nSPS) is 15.5. The van der Waals surface area contributed by atoms with Crippen LogP contribution in [0.2, 0.25) is 0 Å². The Hall–Kier alpha value is -2.70. The monoisotopic (exact) mass is 452 g/mol. The highest BCUT2D eigenvalue weighted by atomic mass is 79.9. The van der Waals surface area contributed by atoms with E-state index in [1.807, 2.05) is 24.3 Å². The highest BCUT2D eigenvalue weighted by Gasteiger charge is 2.36. The van der Waals surface area contributed by atoms with Crippen molar-refractivity contribution in [1.82, 2.24) is 10.3 Å². The Balaban J connectivity index is 1.52. The summed E-state index contributed by atoms with van der Waals surface area (Å²) < 4.78 is 12.3. The second kappa shape index (κ2) is 8.76. The van der Waals surface area contributed by atoms with E-state index in [1.165, 1.54) is 0 Å². The average molecular weight is 453 g/mol. The maximum absolute atomic E-state index is 13.0. The predicted molar refractivity (Wildman–Crippen MR) is 114 cm³/mol. The number of aromatic nitrogens is 1. The summed E-state index contributed by atoms with van der Waals surface area (Å²) in [5.41, 5.74) is 1.23. The molecule has 0 aliphatic carbocycles. The second-order valence-electron chi connectivity index (χ2n) is 6.97. The smallest absolute Gasteiger partial charge is 0.251 e. The Morgan fingerprint density at radius 1 is 1.03 bits per heavy atom. The van der Waals surface area contributed by atoms with Gasteiger partial charge in [-0.05, 0) is 66.9 Å². The van der Waals surface area contributed by atoms with Crippen LogP contribution in [-0.2, 0) is 10.3 Å². The van der Waals surface area contributed by atoms with E-state index in [9.17, 15) is 4.79 Å². The lowest BCUT2D eigenvalue weighted by molar-refractivity contribution is 0.0345. The summed E-state index contributed by atoms with van der Waals surface area (Å²) in [7, 11) is 0. The number of carbonyl (C=O) groups is 1. The van der Waals surface area contributed by atoms with E-state index < -0.39 is 5.54 Å². The van der Waals surface area contributed by atoms with Crippen molar-refractivity contribution < 1.29 is 14.3 Å². The van der Waals surface area contributed by atoms with Gasteiger partial charge in [0.25, 0.3) is 5.91 Å². The van der Waals surface area contributed by atoms with Gasteiger partial charge in [0.2, 0.25) is 0 Å². The number of pyridine rings is 1. The molecule has 0 radical (unpaired) electrons. The predicted octanol–water partition coefficient (Wildman–Crippen LogP) is 5.07. The minimum absolute atomic E-state index is 0.111. The van der Waals surface area contributed by atoms with Crippen LogP contribution >= 0.6 is 15.9 Å². The van der Waals surface area contributed by atoms with Gasteiger partial charge in [-0.15, -0.1) is 0 Å². The number of benzene rings is 2. The molecule has 5 nitrogen and oxygen atoms in total. The van der Waals surface area contributed by atoms with Gasteiger partial charge in [-0.2, -0.15) is 0 Å². The van der Waals surface area contributed by atoms with Crippen LogP contribution in [0, 0.1) is 0 Å². The van der Waals surface area contributed by atoms with Crippen LogP contribution in [0.3, 0.4) is 0 Å². The van der Waals surface area contributed by atoms with Gasteiger partial charge in [-0.1, -0.05) is 28.1 Å². The molecule has 1 aliphatic rings. The van der Waals surface area contributed by atoms with Crippen molar-refractivity contribution in [2.75, 3.05) is 13.2 Å². The quantitative estimate of drug-likeness (QED) is 0.586. The third kappa shape index (κ3) is 4.66. The van der Waals surface area contributed by atoms with E-state index in [2.05, 4.69) is 38.4 Å². The molecule has 1 fully saturated rings. The molecule has 6 heteroatoms. The van der Waals surface area contributed by atoms with Crippen LogP contribution in [0.1, 0.15) is 28.8 Å². The van der Waals surface area contributed by atoms with Gasteiger partial charge in [0.05, 0.1) is 11.7 Å². The molecule has 1 saturated heterocycles. The number of hydrogen-bond acceptors (Lipinski definition) is 4. The van der Waals surface area contributed by atoms with Gasteiger partial charge in [-0.3, -0.25) is 9.78 Å². The van der Waals surface area contributed by atoms with Crippen LogP contribution in [0.4, 0.5) is 0 Å². The Labute approximate surface area is 178 Å². The van der Waals surface area contributed by atoms with Crippen LogP contribution in [0.15, 0.2) is 77.5 Å². The Bertz CT molecular complexity index is 971. The van der Waals surface area contributed by atoms with E-state index in [0.29, 0.717) is 30.3 Å². The summed E-state index contributed by atoms with van der Waals surface area (Å²) >= 11 is 3.54. The Morgan fingerprint density at radius 2 is 1.83 bits per heavy atom. The summed E-state index contributed by atoms with van der Waals surface area (Å²) in [6.07, 6.45) is 4.81. The highest BCUT2D eigenvalue weighted by molar-refractivity contribution is 9.10. The summed E-state index contributed by atoms with van der Waals surface area (Å²) in [5, 5.41) is 3.27. The highest BCUT2D eigenvalue weighted by Crippen LogP contribution is 2.34. The zero-order valence-corrected chi connectivity index (χ0v) is 17.4. The van der Waals surface area contributed by atoms with Crippen LogP contribution in [-0.4, -0.2) is 24.1 Å². The van der Waals surface area contributed by atoms with Crippen molar-refractivity contribution in [2.24, 2.45) is 0 Å². The first-order valence-corrected chi connectivity index (χ1v) is 10.3. The molecule has 148 valence electrons. The number of hydrogen-bond donors (Lipinski definition) is 1.